The molecule has 0 N–H and O–H groups in total. The van der Waals surface area contributed by atoms with Crippen LogP contribution in [0.25, 0.3) is 0 Å². The molecule has 0 amide bonds. The van der Waals surface area contributed by atoms with Gasteiger partial charge >= 0.3 is 0 Å². The summed E-state index contributed by atoms with van der Waals surface area (Å²) < 4.78 is 0. The molecule has 1 heterocycles. The van der Waals surface area contributed by atoms with Gasteiger partial charge in [-0.25, -0.2) is 0 Å². The van der Waals surface area contributed by atoms with Gasteiger partial charge < -0.3 is 0 Å². The molecule has 1 aromatic rings. The first-order valence-electron chi connectivity index (χ1n) is 5.93. The van der Waals surface area contributed by atoms with E-state index in [9.17, 15) is 0 Å². The van der Waals surface area contributed by atoms with Crippen molar-refractivity contribution in [2.45, 2.75) is 44.9 Å². The Bertz CT molecular complexity index is 273. The van der Waals surface area contributed by atoms with E-state index in [2.05, 4.69) is 33.4 Å². The smallest absolute Gasteiger partial charge is 0.00880 e. The van der Waals surface area contributed by atoms with Gasteiger partial charge in [0.15, 0.2) is 0 Å². The Morgan fingerprint density at radius 2 is 2.07 bits per heavy atom. The molecule has 0 atom stereocenters. The van der Waals surface area contributed by atoms with Crippen molar-refractivity contribution in [2.24, 2.45) is 5.41 Å². The number of aryl methyl sites for hydroxylation is 1. The molecular weight excluding hydrogens is 268 g/mol. The van der Waals surface area contributed by atoms with Crippen LogP contribution in [0, 0.1) is 5.41 Å². The summed E-state index contributed by atoms with van der Waals surface area (Å²) in [4.78, 5) is 1.56. The molecular formula is C13H19BrS. The maximum atomic E-state index is 3.74. The van der Waals surface area contributed by atoms with Gasteiger partial charge in [-0.05, 0) is 42.5 Å². The zero-order chi connectivity index (χ0) is 10.6. The molecule has 0 bridgehead atoms. The quantitative estimate of drug-likeness (QED) is 0.682. The van der Waals surface area contributed by atoms with Crippen LogP contribution in [0.1, 0.15) is 43.4 Å². The van der Waals surface area contributed by atoms with E-state index in [-0.39, 0.29) is 0 Å². The normalized spacial score (nSPS) is 20.3. The van der Waals surface area contributed by atoms with E-state index in [1.807, 2.05) is 11.3 Å². The minimum atomic E-state index is 0.613. The minimum Gasteiger partial charge on any atom is -0.149 e. The summed E-state index contributed by atoms with van der Waals surface area (Å²) in [5.41, 5.74) is 0.613. The predicted octanol–water partition coefficient (Wildman–Crippen LogP) is 5.03. The molecule has 0 radical (unpaired) electrons. The fourth-order valence-corrected chi connectivity index (χ4v) is 4.15. The summed E-state index contributed by atoms with van der Waals surface area (Å²) in [6, 6.07) is 4.44. The molecule has 15 heavy (non-hydrogen) atoms. The summed E-state index contributed by atoms with van der Waals surface area (Å²) in [5.74, 6) is 0. The van der Waals surface area contributed by atoms with Gasteiger partial charge in [0.2, 0.25) is 0 Å². The molecule has 0 unspecified atom stereocenters. The second-order valence-electron chi connectivity index (χ2n) is 4.77. The second kappa shape index (κ2) is 5.49. The van der Waals surface area contributed by atoms with Crippen molar-refractivity contribution in [3.63, 3.8) is 0 Å². The van der Waals surface area contributed by atoms with Crippen LogP contribution in [-0.4, -0.2) is 5.33 Å². The van der Waals surface area contributed by atoms with Gasteiger partial charge in [0.05, 0.1) is 0 Å². The molecule has 1 aromatic heterocycles. The predicted molar refractivity (Wildman–Crippen MR) is 72.0 cm³/mol. The number of thiophene rings is 1. The largest absolute Gasteiger partial charge is 0.149 e. The maximum Gasteiger partial charge on any atom is 0.00880 e. The highest BCUT2D eigenvalue weighted by Gasteiger charge is 2.30. The van der Waals surface area contributed by atoms with Crippen molar-refractivity contribution >= 4 is 27.3 Å². The third-order valence-electron chi connectivity index (χ3n) is 3.68. The molecule has 84 valence electrons. The van der Waals surface area contributed by atoms with E-state index in [1.54, 1.807) is 4.88 Å². The van der Waals surface area contributed by atoms with Crippen molar-refractivity contribution in [2.75, 3.05) is 5.33 Å². The average molecular weight is 287 g/mol. The Morgan fingerprint density at radius 3 is 2.67 bits per heavy atom. The summed E-state index contributed by atoms with van der Waals surface area (Å²) >= 11 is 5.64. The van der Waals surface area contributed by atoms with Gasteiger partial charge in [0.1, 0.15) is 0 Å². The molecule has 0 saturated heterocycles. The highest BCUT2D eigenvalue weighted by molar-refractivity contribution is 9.09. The van der Waals surface area contributed by atoms with Crippen LogP contribution in [-0.2, 0) is 6.42 Å². The van der Waals surface area contributed by atoms with Crippen molar-refractivity contribution in [3.8, 4) is 0 Å². The lowest BCUT2D eigenvalue weighted by atomic mass is 9.73. The Morgan fingerprint density at radius 1 is 1.27 bits per heavy atom. The van der Waals surface area contributed by atoms with Gasteiger partial charge in [0.25, 0.3) is 0 Å². The van der Waals surface area contributed by atoms with Gasteiger partial charge in [-0.2, -0.15) is 0 Å². The topological polar surface area (TPSA) is 0 Å². The van der Waals surface area contributed by atoms with E-state index >= 15 is 0 Å². The van der Waals surface area contributed by atoms with Crippen molar-refractivity contribution < 1.29 is 0 Å². The summed E-state index contributed by atoms with van der Waals surface area (Å²) in [7, 11) is 0. The lowest BCUT2D eigenvalue weighted by molar-refractivity contribution is 0.208. The molecule has 2 rings (SSSR count). The molecule has 0 aliphatic heterocycles. The van der Waals surface area contributed by atoms with Crippen LogP contribution in [0.5, 0.6) is 0 Å². The molecule has 1 aliphatic rings. The van der Waals surface area contributed by atoms with Crippen molar-refractivity contribution in [3.05, 3.63) is 22.4 Å². The summed E-state index contributed by atoms with van der Waals surface area (Å²) in [6.07, 6.45) is 9.86. The van der Waals surface area contributed by atoms with Gasteiger partial charge in [-0.15, -0.1) is 11.3 Å². The minimum absolute atomic E-state index is 0.613. The monoisotopic (exact) mass is 286 g/mol. The molecule has 1 fully saturated rings. The standard InChI is InChI=1S/C13H19BrS/c14-11-13(7-2-1-3-8-13)9-6-12-5-4-10-15-12/h4-5,10H,1-3,6-9,11H2. The van der Waals surface area contributed by atoms with Crippen LogP contribution in [0.15, 0.2) is 17.5 Å². The van der Waals surface area contributed by atoms with Crippen LogP contribution in [0.4, 0.5) is 0 Å². The molecule has 0 spiro atoms. The van der Waals surface area contributed by atoms with E-state index in [1.165, 1.54) is 50.3 Å². The summed E-state index contributed by atoms with van der Waals surface area (Å²) in [6.45, 7) is 0. The number of halogens is 1. The summed E-state index contributed by atoms with van der Waals surface area (Å²) in [5, 5.41) is 3.39. The SMILES string of the molecule is BrCC1(CCc2cccs2)CCCCC1. The zero-order valence-corrected chi connectivity index (χ0v) is 11.6. The Kier molecular flexibility index (Phi) is 4.27. The molecule has 2 heteroatoms. The number of rotatable bonds is 4. The number of hydrogen-bond donors (Lipinski definition) is 0. The first-order valence-corrected chi connectivity index (χ1v) is 7.93. The lowest BCUT2D eigenvalue weighted by Crippen LogP contribution is -2.26. The van der Waals surface area contributed by atoms with Crippen molar-refractivity contribution in [1.82, 2.24) is 0 Å². The Labute approximate surface area is 105 Å². The fraction of sp³-hybridized carbons (Fsp3) is 0.692. The lowest BCUT2D eigenvalue weighted by Gasteiger charge is -2.35. The molecule has 0 nitrogen and oxygen atoms in total. The van der Waals surface area contributed by atoms with Crippen LogP contribution in [0.2, 0.25) is 0 Å². The van der Waals surface area contributed by atoms with E-state index in [4.69, 9.17) is 0 Å². The molecule has 1 saturated carbocycles. The number of alkyl halides is 1. The van der Waals surface area contributed by atoms with Crippen LogP contribution >= 0.6 is 27.3 Å². The zero-order valence-electron chi connectivity index (χ0n) is 9.18. The van der Waals surface area contributed by atoms with Gasteiger partial charge in [-0.3, -0.25) is 0 Å². The van der Waals surface area contributed by atoms with E-state index in [0.717, 1.165) is 0 Å². The third-order valence-corrected chi connectivity index (χ3v) is 5.81. The molecule has 1 aliphatic carbocycles. The average Bonchev–Trinajstić information content (AvgIpc) is 2.81. The third kappa shape index (κ3) is 3.07. The first kappa shape index (κ1) is 11.7. The Balaban J connectivity index is 1.89. The fourth-order valence-electron chi connectivity index (χ4n) is 2.60. The highest BCUT2D eigenvalue weighted by atomic mass is 79.9. The van der Waals surface area contributed by atoms with Crippen LogP contribution in [0.3, 0.4) is 0 Å². The second-order valence-corrected chi connectivity index (χ2v) is 6.37. The van der Waals surface area contributed by atoms with Gasteiger partial charge in [-0.1, -0.05) is 41.3 Å². The Hall–Kier alpha value is 0.180. The number of hydrogen-bond acceptors (Lipinski definition) is 1. The van der Waals surface area contributed by atoms with Crippen molar-refractivity contribution in [1.29, 1.82) is 0 Å². The molecule has 0 aromatic carbocycles. The van der Waals surface area contributed by atoms with E-state index in [0.29, 0.717) is 5.41 Å². The van der Waals surface area contributed by atoms with Gasteiger partial charge in [0, 0.05) is 10.2 Å². The maximum absolute atomic E-state index is 3.74. The van der Waals surface area contributed by atoms with Crippen LogP contribution < -0.4 is 0 Å². The highest BCUT2D eigenvalue weighted by Crippen LogP contribution is 2.41. The van der Waals surface area contributed by atoms with E-state index < -0.39 is 0 Å². The first-order chi connectivity index (χ1) is 7.35.